The number of hydrogen-bond donors (Lipinski definition) is 1. The highest BCUT2D eigenvalue weighted by Gasteiger charge is 2.31. The molecule has 0 amide bonds. The minimum absolute atomic E-state index is 0.348. The van der Waals surface area contributed by atoms with E-state index in [1.54, 1.807) is 0 Å². The normalized spacial score (nSPS) is 25.6. The van der Waals surface area contributed by atoms with Crippen LogP contribution in [0.15, 0.2) is 0 Å². The molecule has 0 bridgehead atoms. The van der Waals surface area contributed by atoms with Gasteiger partial charge < -0.3 is 10.6 Å². The lowest BCUT2D eigenvalue weighted by atomic mass is 10.1. The van der Waals surface area contributed by atoms with Crippen LogP contribution in [0.4, 0.5) is 0 Å². The van der Waals surface area contributed by atoms with Crippen molar-refractivity contribution in [3.8, 4) is 0 Å². The van der Waals surface area contributed by atoms with E-state index in [1.165, 1.54) is 38.8 Å². The van der Waals surface area contributed by atoms with E-state index in [2.05, 4.69) is 18.7 Å². The maximum absolute atomic E-state index is 5.90. The highest BCUT2D eigenvalue weighted by Crippen LogP contribution is 2.34. The molecule has 2 saturated carbocycles. The summed E-state index contributed by atoms with van der Waals surface area (Å²) in [6, 6.07) is 1.03. The topological polar surface area (TPSA) is 29.3 Å². The van der Waals surface area contributed by atoms with Gasteiger partial charge >= 0.3 is 0 Å². The first kappa shape index (κ1) is 11.4. The lowest BCUT2D eigenvalue weighted by Gasteiger charge is -2.30. The maximum atomic E-state index is 5.90. The molecule has 2 fully saturated rings. The fourth-order valence-electron chi connectivity index (χ4n) is 2.39. The number of nitrogens with zero attached hydrogens (tertiary/aromatic N) is 1. The second-order valence-corrected chi connectivity index (χ2v) is 5.90. The molecule has 0 saturated heterocycles. The van der Waals surface area contributed by atoms with E-state index in [0.717, 1.165) is 18.3 Å². The predicted octanol–water partition coefficient (Wildman–Crippen LogP) is 2.23. The van der Waals surface area contributed by atoms with Crippen LogP contribution in [0.2, 0.25) is 0 Å². The minimum Gasteiger partial charge on any atom is -0.328 e. The van der Waals surface area contributed by atoms with Crippen LogP contribution in [0.5, 0.6) is 0 Å². The van der Waals surface area contributed by atoms with Crippen molar-refractivity contribution in [1.29, 1.82) is 0 Å². The molecular weight excluding hydrogens is 184 g/mol. The van der Waals surface area contributed by atoms with E-state index in [4.69, 9.17) is 5.73 Å². The highest BCUT2D eigenvalue weighted by molar-refractivity contribution is 4.85. The molecule has 88 valence electrons. The third-order valence-electron chi connectivity index (χ3n) is 3.72. The molecule has 15 heavy (non-hydrogen) atoms. The van der Waals surface area contributed by atoms with Crippen LogP contribution in [0.3, 0.4) is 0 Å². The highest BCUT2D eigenvalue weighted by atomic mass is 15.2. The Hall–Kier alpha value is -0.0800. The van der Waals surface area contributed by atoms with E-state index < -0.39 is 0 Å². The van der Waals surface area contributed by atoms with Gasteiger partial charge in [-0.05, 0) is 57.8 Å². The molecular formula is C13H26N2. The van der Waals surface area contributed by atoms with Crippen molar-refractivity contribution in [2.45, 2.75) is 58.0 Å². The molecule has 2 atom stereocenters. The van der Waals surface area contributed by atoms with Gasteiger partial charge in [-0.25, -0.2) is 0 Å². The molecule has 0 spiro atoms. The summed E-state index contributed by atoms with van der Waals surface area (Å²) in [5.74, 6) is 2.03. The third-order valence-corrected chi connectivity index (χ3v) is 3.72. The molecule has 2 unspecified atom stereocenters. The van der Waals surface area contributed by atoms with Crippen LogP contribution in [-0.2, 0) is 0 Å². The summed E-state index contributed by atoms with van der Waals surface area (Å²) in [4.78, 5) is 2.71. The van der Waals surface area contributed by atoms with Gasteiger partial charge in [0, 0.05) is 25.2 Å². The number of hydrogen-bond acceptors (Lipinski definition) is 2. The molecule has 2 aliphatic rings. The second-order valence-electron chi connectivity index (χ2n) is 5.90. The standard InChI is InChI=1S/C13H26N2/c1-10(14)7-11(2)15(8-12-3-4-12)9-13-5-6-13/h10-13H,3-9,14H2,1-2H3. The van der Waals surface area contributed by atoms with Crippen LogP contribution in [0.1, 0.15) is 46.0 Å². The van der Waals surface area contributed by atoms with Gasteiger partial charge in [0.1, 0.15) is 0 Å². The zero-order valence-corrected chi connectivity index (χ0v) is 10.3. The lowest BCUT2D eigenvalue weighted by Crippen LogP contribution is -2.39. The third kappa shape index (κ3) is 4.12. The number of rotatable bonds is 7. The maximum Gasteiger partial charge on any atom is 0.00817 e. The van der Waals surface area contributed by atoms with Gasteiger partial charge in [0.15, 0.2) is 0 Å². The fourth-order valence-corrected chi connectivity index (χ4v) is 2.39. The Morgan fingerprint density at radius 3 is 1.87 bits per heavy atom. The van der Waals surface area contributed by atoms with Crippen LogP contribution in [0.25, 0.3) is 0 Å². The Morgan fingerprint density at radius 1 is 1.07 bits per heavy atom. The van der Waals surface area contributed by atoms with E-state index in [9.17, 15) is 0 Å². The monoisotopic (exact) mass is 210 g/mol. The smallest absolute Gasteiger partial charge is 0.00817 e. The summed E-state index contributed by atoms with van der Waals surface area (Å²) in [5, 5.41) is 0. The number of nitrogens with two attached hydrogens (primary N) is 1. The van der Waals surface area contributed by atoms with Crippen LogP contribution >= 0.6 is 0 Å². The van der Waals surface area contributed by atoms with Crippen molar-refractivity contribution in [2.75, 3.05) is 13.1 Å². The average molecular weight is 210 g/mol. The summed E-state index contributed by atoms with van der Waals surface area (Å²) in [6.07, 6.45) is 7.01. The average Bonchev–Trinajstić information content (AvgIpc) is 2.95. The minimum atomic E-state index is 0.348. The van der Waals surface area contributed by atoms with Crippen molar-refractivity contribution in [3.63, 3.8) is 0 Å². The van der Waals surface area contributed by atoms with Crippen molar-refractivity contribution < 1.29 is 0 Å². The van der Waals surface area contributed by atoms with Gasteiger partial charge in [-0.15, -0.1) is 0 Å². The molecule has 2 rings (SSSR count). The summed E-state index contributed by atoms with van der Waals surface area (Å²) in [5.41, 5.74) is 5.90. The molecule has 2 N–H and O–H groups in total. The Kier molecular flexibility index (Phi) is 3.68. The SMILES string of the molecule is CC(N)CC(C)N(CC1CC1)CC1CC1. The fraction of sp³-hybridized carbons (Fsp3) is 1.00. The Labute approximate surface area is 94.2 Å². The van der Waals surface area contributed by atoms with Crippen LogP contribution in [-0.4, -0.2) is 30.1 Å². The summed E-state index contributed by atoms with van der Waals surface area (Å²) in [7, 11) is 0. The molecule has 0 aromatic heterocycles. The summed E-state index contributed by atoms with van der Waals surface area (Å²) in [6.45, 7) is 7.16. The van der Waals surface area contributed by atoms with Gasteiger partial charge in [0.2, 0.25) is 0 Å². The summed E-state index contributed by atoms with van der Waals surface area (Å²) < 4.78 is 0. The predicted molar refractivity (Wildman–Crippen MR) is 64.7 cm³/mol. The first-order valence-electron chi connectivity index (χ1n) is 6.64. The lowest BCUT2D eigenvalue weighted by molar-refractivity contribution is 0.178. The van der Waals surface area contributed by atoms with Gasteiger partial charge in [0.25, 0.3) is 0 Å². The Balaban J connectivity index is 1.77. The molecule has 2 nitrogen and oxygen atoms in total. The van der Waals surface area contributed by atoms with Crippen LogP contribution < -0.4 is 5.73 Å². The first-order chi connectivity index (χ1) is 7.15. The van der Waals surface area contributed by atoms with Gasteiger partial charge in [-0.2, -0.15) is 0 Å². The largest absolute Gasteiger partial charge is 0.328 e. The second kappa shape index (κ2) is 4.84. The molecule has 0 heterocycles. The van der Waals surface area contributed by atoms with Crippen molar-refractivity contribution in [2.24, 2.45) is 17.6 Å². The molecule has 0 aliphatic heterocycles. The molecule has 2 heteroatoms. The van der Waals surface area contributed by atoms with Crippen molar-refractivity contribution in [3.05, 3.63) is 0 Å². The summed E-state index contributed by atoms with van der Waals surface area (Å²) >= 11 is 0. The zero-order chi connectivity index (χ0) is 10.8. The zero-order valence-electron chi connectivity index (χ0n) is 10.3. The Bertz CT molecular complexity index is 181. The van der Waals surface area contributed by atoms with Gasteiger partial charge in [0.05, 0.1) is 0 Å². The van der Waals surface area contributed by atoms with E-state index in [1.807, 2.05) is 0 Å². The van der Waals surface area contributed by atoms with Crippen molar-refractivity contribution >= 4 is 0 Å². The quantitative estimate of drug-likeness (QED) is 0.698. The molecule has 2 aliphatic carbocycles. The van der Waals surface area contributed by atoms with Crippen LogP contribution in [0, 0.1) is 11.8 Å². The van der Waals surface area contributed by atoms with Gasteiger partial charge in [-0.3, -0.25) is 0 Å². The van der Waals surface area contributed by atoms with Gasteiger partial charge in [-0.1, -0.05) is 0 Å². The van der Waals surface area contributed by atoms with E-state index in [-0.39, 0.29) is 0 Å². The first-order valence-corrected chi connectivity index (χ1v) is 6.64. The molecule has 0 aromatic rings. The van der Waals surface area contributed by atoms with Crippen molar-refractivity contribution in [1.82, 2.24) is 4.90 Å². The van der Waals surface area contributed by atoms with E-state index >= 15 is 0 Å². The van der Waals surface area contributed by atoms with E-state index in [0.29, 0.717) is 12.1 Å². The molecule has 0 radical (unpaired) electrons. The molecule has 0 aromatic carbocycles. The Morgan fingerprint density at radius 2 is 1.53 bits per heavy atom.